The lowest BCUT2D eigenvalue weighted by Crippen LogP contribution is -2.04. The van der Waals surface area contributed by atoms with E-state index in [4.69, 9.17) is 23.2 Å². The van der Waals surface area contributed by atoms with Gasteiger partial charge in [-0.3, -0.25) is 9.48 Å². The van der Waals surface area contributed by atoms with Gasteiger partial charge in [0.25, 0.3) is 0 Å². The highest BCUT2D eigenvalue weighted by molar-refractivity contribution is 6.36. The van der Waals surface area contributed by atoms with Crippen molar-refractivity contribution in [2.75, 3.05) is 0 Å². The van der Waals surface area contributed by atoms with Crippen LogP contribution in [0.2, 0.25) is 10.0 Å². The first-order valence-electron chi connectivity index (χ1n) is 6.10. The molecule has 0 radical (unpaired) electrons. The van der Waals surface area contributed by atoms with Gasteiger partial charge in [0.2, 0.25) is 0 Å². The third kappa shape index (κ3) is 3.02. The summed E-state index contributed by atoms with van der Waals surface area (Å²) in [6.45, 7) is 4.74. The molecule has 0 unspecified atom stereocenters. The molecule has 0 saturated heterocycles. The molecule has 0 bridgehead atoms. The standard InChI is InChI=1S/C14H13Cl2FN2O/c1-8(2)5-19-6-9(7-20)14(18-19)10-3-13(17)12(16)4-11(10)15/h3-4,6-8H,5H2,1-2H3. The first-order valence-corrected chi connectivity index (χ1v) is 6.85. The Morgan fingerprint density at radius 2 is 2.05 bits per heavy atom. The molecule has 0 spiro atoms. The highest BCUT2D eigenvalue weighted by Crippen LogP contribution is 2.32. The van der Waals surface area contributed by atoms with Crippen molar-refractivity contribution < 1.29 is 9.18 Å². The lowest BCUT2D eigenvalue weighted by atomic mass is 10.1. The number of carbonyl (C=O) groups is 1. The van der Waals surface area contributed by atoms with E-state index in [9.17, 15) is 9.18 Å². The zero-order chi connectivity index (χ0) is 14.9. The minimum Gasteiger partial charge on any atom is -0.298 e. The van der Waals surface area contributed by atoms with Crippen LogP contribution in [-0.4, -0.2) is 16.1 Å². The van der Waals surface area contributed by atoms with Crippen molar-refractivity contribution in [3.05, 3.63) is 39.8 Å². The van der Waals surface area contributed by atoms with E-state index in [0.29, 0.717) is 35.6 Å². The lowest BCUT2D eigenvalue weighted by molar-refractivity contribution is 0.112. The molecular weight excluding hydrogens is 302 g/mol. The zero-order valence-electron chi connectivity index (χ0n) is 11.0. The van der Waals surface area contributed by atoms with Crippen LogP contribution >= 0.6 is 23.2 Å². The molecule has 106 valence electrons. The molecule has 6 heteroatoms. The van der Waals surface area contributed by atoms with E-state index in [1.165, 1.54) is 12.1 Å². The van der Waals surface area contributed by atoms with Gasteiger partial charge in [-0.25, -0.2) is 4.39 Å². The maximum atomic E-state index is 13.6. The molecule has 0 aliphatic carbocycles. The van der Waals surface area contributed by atoms with Crippen LogP contribution in [0, 0.1) is 11.7 Å². The summed E-state index contributed by atoms with van der Waals surface area (Å²) in [6.07, 6.45) is 2.31. The summed E-state index contributed by atoms with van der Waals surface area (Å²) in [5, 5.41) is 4.51. The smallest absolute Gasteiger partial charge is 0.153 e. The van der Waals surface area contributed by atoms with Crippen LogP contribution in [0.15, 0.2) is 18.3 Å². The van der Waals surface area contributed by atoms with Crippen LogP contribution in [0.4, 0.5) is 4.39 Å². The van der Waals surface area contributed by atoms with E-state index in [-0.39, 0.29) is 10.0 Å². The summed E-state index contributed by atoms with van der Waals surface area (Å²) >= 11 is 11.7. The second-order valence-corrected chi connectivity index (χ2v) is 5.73. The van der Waals surface area contributed by atoms with Gasteiger partial charge in [0.05, 0.1) is 15.6 Å². The number of aldehydes is 1. The lowest BCUT2D eigenvalue weighted by Gasteiger charge is -2.05. The molecule has 0 aliphatic rings. The highest BCUT2D eigenvalue weighted by atomic mass is 35.5. The zero-order valence-corrected chi connectivity index (χ0v) is 12.5. The Labute approximate surface area is 126 Å². The largest absolute Gasteiger partial charge is 0.298 e. The van der Waals surface area contributed by atoms with Gasteiger partial charge >= 0.3 is 0 Å². The van der Waals surface area contributed by atoms with Crippen molar-refractivity contribution >= 4 is 29.5 Å². The fraction of sp³-hybridized carbons (Fsp3) is 0.286. The van der Waals surface area contributed by atoms with E-state index in [1.807, 2.05) is 13.8 Å². The predicted molar refractivity (Wildman–Crippen MR) is 77.9 cm³/mol. The SMILES string of the molecule is CC(C)Cn1cc(C=O)c(-c2cc(F)c(Cl)cc2Cl)n1. The van der Waals surface area contributed by atoms with Crippen molar-refractivity contribution in [1.29, 1.82) is 0 Å². The Kier molecular flexibility index (Phi) is 4.45. The molecule has 0 saturated carbocycles. The summed E-state index contributed by atoms with van der Waals surface area (Å²) in [4.78, 5) is 11.1. The molecule has 2 aromatic rings. The monoisotopic (exact) mass is 314 g/mol. The van der Waals surface area contributed by atoms with Crippen molar-refractivity contribution in [2.45, 2.75) is 20.4 Å². The van der Waals surface area contributed by atoms with Crippen molar-refractivity contribution in [3.8, 4) is 11.3 Å². The van der Waals surface area contributed by atoms with E-state index in [2.05, 4.69) is 5.10 Å². The molecule has 1 aromatic heterocycles. The number of hydrogen-bond acceptors (Lipinski definition) is 2. The minimum absolute atomic E-state index is 0.0620. The molecule has 1 aromatic carbocycles. The van der Waals surface area contributed by atoms with Crippen LogP contribution in [0.3, 0.4) is 0 Å². The molecule has 1 heterocycles. The van der Waals surface area contributed by atoms with Crippen LogP contribution in [0.5, 0.6) is 0 Å². The predicted octanol–water partition coefficient (Wildman–Crippen LogP) is 4.46. The minimum atomic E-state index is -0.596. The maximum Gasteiger partial charge on any atom is 0.153 e. The molecule has 0 N–H and O–H groups in total. The highest BCUT2D eigenvalue weighted by Gasteiger charge is 2.16. The topological polar surface area (TPSA) is 34.9 Å². The van der Waals surface area contributed by atoms with Gasteiger partial charge in [-0.15, -0.1) is 0 Å². The van der Waals surface area contributed by atoms with E-state index >= 15 is 0 Å². The molecule has 20 heavy (non-hydrogen) atoms. The van der Waals surface area contributed by atoms with Gasteiger partial charge in [0.15, 0.2) is 6.29 Å². The van der Waals surface area contributed by atoms with Crippen LogP contribution in [0.25, 0.3) is 11.3 Å². The number of aromatic nitrogens is 2. The summed E-state index contributed by atoms with van der Waals surface area (Å²) in [7, 11) is 0. The van der Waals surface area contributed by atoms with Crippen molar-refractivity contribution in [3.63, 3.8) is 0 Å². The van der Waals surface area contributed by atoms with Crippen LogP contribution < -0.4 is 0 Å². The molecule has 0 aliphatic heterocycles. The number of halogens is 3. The Morgan fingerprint density at radius 1 is 1.35 bits per heavy atom. The average Bonchev–Trinajstić information content (AvgIpc) is 2.75. The first-order chi connectivity index (χ1) is 9.42. The van der Waals surface area contributed by atoms with Crippen LogP contribution in [0.1, 0.15) is 24.2 Å². The number of benzene rings is 1. The molecule has 0 amide bonds. The molecule has 0 fully saturated rings. The molecular formula is C14H13Cl2FN2O. The number of hydrogen-bond donors (Lipinski definition) is 0. The summed E-state index contributed by atoms with van der Waals surface area (Å²) < 4.78 is 15.2. The van der Waals surface area contributed by atoms with Gasteiger partial charge < -0.3 is 0 Å². The fourth-order valence-electron chi connectivity index (χ4n) is 1.90. The van der Waals surface area contributed by atoms with E-state index in [0.717, 1.165) is 0 Å². The van der Waals surface area contributed by atoms with Crippen LogP contribution in [-0.2, 0) is 6.54 Å². The Morgan fingerprint density at radius 3 is 2.65 bits per heavy atom. The quantitative estimate of drug-likeness (QED) is 0.616. The Bertz CT molecular complexity index is 653. The van der Waals surface area contributed by atoms with Gasteiger partial charge in [-0.2, -0.15) is 5.10 Å². The molecule has 0 atom stereocenters. The second-order valence-electron chi connectivity index (χ2n) is 4.91. The molecule has 3 nitrogen and oxygen atoms in total. The van der Waals surface area contributed by atoms with Gasteiger partial charge in [0.1, 0.15) is 11.5 Å². The first kappa shape index (κ1) is 15.0. The van der Waals surface area contributed by atoms with Crippen molar-refractivity contribution in [1.82, 2.24) is 9.78 Å². The molecule has 2 rings (SSSR count). The summed E-state index contributed by atoms with van der Waals surface area (Å²) in [5.74, 6) is -0.221. The van der Waals surface area contributed by atoms with E-state index in [1.54, 1.807) is 10.9 Å². The normalized spacial score (nSPS) is 11.1. The Hall–Kier alpha value is -1.39. The maximum absolute atomic E-state index is 13.6. The van der Waals surface area contributed by atoms with Gasteiger partial charge in [-0.1, -0.05) is 37.0 Å². The fourth-order valence-corrected chi connectivity index (χ4v) is 2.38. The summed E-state index contributed by atoms with van der Waals surface area (Å²) in [6, 6.07) is 2.50. The number of nitrogens with zero attached hydrogens (tertiary/aromatic N) is 2. The third-order valence-electron chi connectivity index (χ3n) is 2.73. The summed E-state index contributed by atoms with van der Waals surface area (Å²) in [5.41, 5.74) is 1.09. The van der Waals surface area contributed by atoms with Gasteiger partial charge in [-0.05, 0) is 18.1 Å². The van der Waals surface area contributed by atoms with E-state index < -0.39 is 5.82 Å². The average molecular weight is 315 g/mol. The number of carbonyl (C=O) groups excluding carboxylic acids is 1. The van der Waals surface area contributed by atoms with Crippen molar-refractivity contribution in [2.24, 2.45) is 5.92 Å². The number of rotatable bonds is 4. The second kappa shape index (κ2) is 5.94. The Balaban J connectivity index is 2.54. The third-order valence-corrected chi connectivity index (χ3v) is 3.34. The van der Waals surface area contributed by atoms with Gasteiger partial charge in [0, 0.05) is 18.3 Å².